The zero-order valence-electron chi connectivity index (χ0n) is 27.9. The number of piperidine rings is 1. The van der Waals surface area contributed by atoms with E-state index in [4.69, 9.17) is 4.74 Å². The van der Waals surface area contributed by atoms with Crippen molar-refractivity contribution in [2.24, 2.45) is 5.41 Å². The fourth-order valence-corrected chi connectivity index (χ4v) is 7.84. The molecule has 0 bridgehead atoms. The number of allylic oxidation sites excluding steroid dienone is 1. The third-order valence-corrected chi connectivity index (χ3v) is 10.0. The number of hydrogen-bond acceptors (Lipinski definition) is 6. The van der Waals surface area contributed by atoms with Gasteiger partial charge in [-0.3, -0.25) is 9.69 Å². The second kappa shape index (κ2) is 13.3. The van der Waals surface area contributed by atoms with E-state index >= 15 is 0 Å². The average molecular weight is 650 g/mol. The van der Waals surface area contributed by atoms with Crippen LogP contribution in [0.15, 0.2) is 84.7 Å². The van der Waals surface area contributed by atoms with Gasteiger partial charge in [-0.2, -0.15) is 0 Å². The van der Waals surface area contributed by atoms with Crippen LogP contribution in [0.2, 0.25) is 0 Å². The first-order valence-corrected chi connectivity index (χ1v) is 17.0. The lowest BCUT2D eigenvalue weighted by molar-refractivity contribution is 0.0919. The first kappa shape index (κ1) is 32.5. The predicted octanol–water partition coefficient (Wildman–Crippen LogP) is 8.21. The van der Waals surface area contributed by atoms with Crippen LogP contribution in [0.4, 0.5) is 21.9 Å². The Morgan fingerprint density at radius 1 is 1.17 bits per heavy atom. The maximum atomic E-state index is 13.8. The molecule has 4 aromatic rings. The Morgan fingerprint density at radius 2 is 1.96 bits per heavy atom. The molecule has 3 amide bonds. The van der Waals surface area contributed by atoms with Crippen LogP contribution in [0.1, 0.15) is 60.0 Å². The summed E-state index contributed by atoms with van der Waals surface area (Å²) in [4.78, 5) is 37.3. The molecule has 2 aliphatic heterocycles. The highest BCUT2D eigenvalue weighted by molar-refractivity contribution is 7.21. The van der Waals surface area contributed by atoms with Crippen molar-refractivity contribution >= 4 is 50.6 Å². The molecule has 0 saturated carbocycles. The third kappa shape index (κ3) is 6.82. The molecule has 2 aliphatic rings. The lowest BCUT2D eigenvalue weighted by atomic mass is 9.91. The van der Waals surface area contributed by atoms with Gasteiger partial charge in [0, 0.05) is 43.6 Å². The highest BCUT2D eigenvalue weighted by Crippen LogP contribution is 2.46. The molecule has 244 valence electrons. The molecule has 2 aromatic carbocycles. The number of nitrogens with one attached hydrogen (secondary N) is 2. The number of aryl methyl sites for hydroxylation is 1. The molecule has 9 heteroatoms. The summed E-state index contributed by atoms with van der Waals surface area (Å²) in [6.07, 6.45) is 6.55. The number of carbonyl (C=O) groups excluding carboxylic acids is 2. The van der Waals surface area contributed by atoms with Crippen molar-refractivity contribution in [2.75, 3.05) is 37.0 Å². The van der Waals surface area contributed by atoms with E-state index in [-0.39, 0.29) is 23.4 Å². The van der Waals surface area contributed by atoms with Crippen molar-refractivity contribution < 1.29 is 14.3 Å². The number of benzene rings is 2. The molecule has 8 nitrogen and oxygen atoms in total. The lowest BCUT2D eigenvalue weighted by Crippen LogP contribution is -2.47. The van der Waals surface area contributed by atoms with Crippen LogP contribution < -0.4 is 15.5 Å². The molecule has 1 saturated heterocycles. The minimum Gasteiger partial charge on any atom is -0.384 e. The SMILES string of the molecule is C=C(/C(C)=C\C(C)(C)COC)N1CCC[C@@H](NC(=O)c2sc3nccc4c3c2NC(=O)N4c2ccc(Cc3ccccc3)cc2C)C1. The van der Waals surface area contributed by atoms with E-state index in [2.05, 4.69) is 78.2 Å². The maximum Gasteiger partial charge on any atom is 0.331 e. The molecule has 1 fully saturated rings. The van der Waals surface area contributed by atoms with E-state index in [0.29, 0.717) is 28.5 Å². The number of hydrogen-bond donors (Lipinski definition) is 2. The number of thiophene rings is 1. The molecular weight excluding hydrogens is 607 g/mol. The Kier molecular flexibility index (Phi) is 9.21. The van der Waals surface area contributed by atoms with Gasteiger partial charge in [0.2, 0.25) is 0 Å². The van der Waals surface area contributed by atoms with Gasteiger partial charge in [-0.25, -0.2) is 9.78 Å². The number of urea groups is 1. The van der Waals surface area contributed by atoms with Crippen molar-refractivity contribution in [2.45, 2.75) is 53.0 Å². The smallest absolute Gasteiger partial charge is 0.331 e. The number of rotatable bonds is 10. The van der Waals surface area contributed by atoms with Gasteiger partial charge in [-0.05, 0) is 67.5 Å². The number of likely N-dealkylation sites (tertiary alicyclic amines) is 1. The van der Waals surface area contributed by atoms with Crippen molar-refractivity contribution in [1.82, 2.24) is 15.2 Å². The monoisotopic (exact) mass is 649 g/mol. The van der Waals surface area contributed by atoms with Crippen molar-refractivity contribution in [1.29, 1.82) is 0 Å². The van der Waals surface area contributed by atoms with Crippen molar-refractivity contribution in [3.63, 3.8) is 0 Å². The number of nitrogens with zero attached hydrogens (tertiary/aromatic N) is 3. The summed E-state index contributed by atoms with van der Waals surface area (Å²) in [7, 11) is 1.72. The minimum absolute atomic E-state index is 0.0505. The first-order valence-electron chi connectivity index (χ1n) is 16.1. The molecule has 0 spiro atoms. The standard InChI is InChI=1S/C38H43N5O3S/c1-24-19-28(20-27-11-8-7-9-12-27)14-15-30(24)43-31-16-17-39-36-32(31)33(41-37(43)45)34(47-36)35(44)40-29-13-10-18-42(22-29)26(3)25(2)21-38(4,5)23-46-6/h7-9,11-12,14-17,19,21,29H,3,10,13,18,20,22-23H2,1-2,4-6H3,(H,40,44)(H,41,45)/b25-21-/t29-/m1/s1. The molecule has 2 aromatic heterocycles. The zero-order valence-corrected chi connectivity index (χ0v) is 28.7. The van der Waals surface area contributed by atoms with Gasteiger partial charge in [0.25, 0.3) is 5.91 Å². The number of carbonyl (C=O) groups is 2. The van der Waals surface area contributed by atoms with Crippen LogP contribution in [-0.4, -0.2) is 54.7 Å². The highest BCUT2D eigenvalue weighted by Gasteiger charge is 2.34. The Morgan fingerprint density at radius 3 is 2.70 bits per heavy atom. The van der Waals surface area contributed by atoms with Gasteiger partial charge in [-0.15, -0.1) is 11.3 Å². The Labute approximate surface area is 281 Å². The largest absolute Gasteiger partial charge is 0.384 e. The fraction of sp³-hybridized carbons (Fsp3) is 0.342. The van der Waals surface area contributed by atoms with Gasteiger partial charge in [-0.1, -0.05) is 69.0 Å². The van der Waals surface area contributed by atoms with Crippen LogP contribution >= 0.6 is 11.3 Å². The number of amides is 3. The summed E-state index contributed by atoms with van der Waals surface area (Å²) in [6.45, 7) is 15.0. The number of methoxy groups -OCH3 is 1. The van der Waals surface area contributed by atoms with Crippen LogP contribution in [-0.2, 0) is 11.2 Å². The summed E-state index contributed by atoms with van der Waals surface area (Å²) in [5.74, 6) is -0.199. The molecule has 1 atom stereocenters. The summed E-state index contributed by atoms with van der Waals surface area (Å²) in [5, 5.41) is 7.09. The quantitative estimate of drug-likeness (QED) is 0.169. The summed E-state index contributed by atoms with van der Waals surface area (Å²) in [6, 6.07) is 18.1. The normalized spacial score (nSPS) is 16.7. The Bertz CT molecular complexity index is 1860. The van der Waals surface area contributed by atoms with Crippen LogP contribution in [0.3, 0.4) is 0 Å². The first-order chi connectivity index (χ1) is 22.5. The van der Waals surface area contributed by atoms with Gasteiger partial charge in [0.1, 0.15) is 9.71 Å². The number of anilines is 3. The predicted molar refractivity (Wildman–Crippen MR) is 192 cm³/mol. The van der Waals surface area contributed by atoms with Crippen molar-refractivity contribution in [3.8, 4) is 0 Å². The van der Waals surface area contributed by atoms with E-state index < -0.39 is 0 Å². The molecule has 2 N–H and O–H groups in total. The lowest BCUT2D eigenvalue weighted by Gasteiger charge is -2.36. The number of ether oxygens (including phenoxy) is 1. The molecule has 0 unspecified atom stereocenters. The van der Waals surface area contributed by atoms with E-state index in [1.54, 1.807) is 18.2 Å². The average Bonchev–Trinajstić information content (AvgIpc) is 3.41. The Hall–Kier alpha value is -4.47. The molecular formula is C38H43N5O3S. The third-order valence-electron chi connectivity index (χ3n) is 8.92. The van der Waals surface area contributed by atoms with Gasteiger partial charge in [0.15, 0.2) is 0 Å². The fourth-order valence-electron chi connectivity index (χ4n) is 6.82. The van der Waals surface area contributed by atoms with E-state index in [1.807, 2.05) is 37.3 Å². The van der Waals surface area contributed by atoms with Crippen LogP contribution in [0.25, 0.3) is 10.2 Å². The second-order valence-electron chi connectivity index (χ2n) is 13.3. The van der Waals surface area contributed by atoms with E-state index in [9.17, 15) is 9.59 Å². The zero-order chi connectivity index (χ0) is 33.3. The van der Waals surface area contributed by atoms with Crippen molar-refractivity contribution in [3.05, 3.63) is 106 Å². The molecule has 47 heavy (non-hydrogen) atoms. The highest BCUT2D eigenvalue weighted by atomic mass is 32.1. The molecule has 0 aliphatic carbocycles. The van der Waals surface area contributed by atoms with Crippen LogP contribution in [0, 0.1) is 12.3 Å². The second-order valence-corrected chi connectivity index (χ2v) is 14.3. The number of pyridine rings is 1. The summed E-state index contributed by atoms with van der Waals surface area (Å²) in [5.41, 5.74) is 7.43. The van der Waals surface area contributed by atoms with E-state index in [1.165, 1.54) is 22.5 Å². The number of aromatic nitrogens is 1. The van der Waals surface area contributed by atoms with Gasteiger partial charge < -0.3 is 20.3 Å². The Balaban J connectivity index is 1.21. The van der Waals surface area contributed by atoms with Gasteiger partial charge in [0.05, 0.1) is 29.1 Å². The minimum atomic E-state index is -0.296. The van der Waals surface area contributed by atoms with Gasteiger partial charge >= 0.3 is 6.03 Å². The van der Waals surface area contributed by atoms with Crippen LogP contribution in [0.5, 0.6) is 0 Å². The summed E-state index contributed by atoms with van der Waals surface area (Å²) < 4.78 is 5.38. The molecule has 6 rings (SSSR count). The molecule has 4 heterocycles. The topological polar surface area (TPSA) is 86.8 Å². The summed E-state index contributed by atoms with van der Waals surface area (Å²) >= 11 is 1.31. The van der Waals surface area contributed by atoms with E-state index in [0.717, 1.165) is 59.4 Å². The maximum absolute atomic E-state index is 13.8. The molecule has 0 radical (unpaired) electrons.